The molecular formula is C22H21FN4O3S. The van der Waals surface area contributed by atoms with Gasteiger partial charge in [0.1, 0.15) is 16.6 Å². The number of carbonyl (C=O) groups excluding carboxylic acids is 2. The first-order chi connectivity index (χ1) is 15.0. The number of anilines is 1. The molecule has 160 valence electrons. The first-order valence-electron chi connectivity index (χ1n) is 9.99. The topological polar surface area (TPSA) is 84.4 Å². The van der Waals surface area contributed by atoms with Gasteiger partial charge in [0.2, 0.25) is 5.01 Å². The number of nitrogens with zero attached hydrogens (tertiary/aromatic N) is 3. The van der Waals surface area contributed by atoms with E-state index in [1.54, 1.807) is 35.2 Å². The Morgan fingerprint density at radius 2 is 2.03 bits per heavy atom. The van der Waals surface area contributed by atoms with Gasteiger partial charge in [-0.2, -0.15) is 0 Å². The molecule has 0 radical (unpaired) electrons. The van der Waals surface area contributed by atoms with Crippen LogP contribution >= 0.6 is 11.3 Å². The van der Waals surface area contributed by atoms with E-state index in [0.29, 0.717) is 29.4 Å². The average Bonchev–Trinajstić information content (AvgIpc) is 3.44. The molecule has 9 heteroatoms. The van der Waals surface area contributed by atoms with Crippen LogP contribution in [0.15, 0.2) is 48.5 Å². The van der Waals surface area contributed by atoms with Crippen molar-refractivity contribution in [3.05, 3.63) is 69.9 Å². The quantitative estimate of drug-likeness (QED) is 0.618. The Hall–Kier alpha value is -3.33. The minimum absolute atomic E-state index is 0.0912. The molecule has 1 aliphatic rings. The molecule has 7 nitrogen and oxygen atoms in total. The third-order valence-electron chi connectivity index (χ3n) is 4.93. The van der Waals surface area contributed by atoms with E-state index in [2.05, 4.69) is 15.5 Å². The molecule has 1 atom stereocenters. The highest BCUT2D eigenvalue weighted by Gasteiger charge is 2.33. The molecule has 3 aromatic rings. The summed E-state index contributed by atoms with van der Waals surface area (Å²) in [5, 5.41) is 11.5. The fraction of sp³-hybridized carbons (Fsp3) is 0.273. The Kier molecular flexibility index (Phi) is 6.22. The maximum atomic E-state index is 13.3. The molecule has 2 heterocycles. The van der Waals surface area contributed by atoms with Gasteiger partial charge in [-0.05, 0) is 62.2 Å². The second kappa shape index (κ2) is 9.22. The summed E-state index contributed by atoms with van der Waals surface area (Å²) < 4.78 is 18.8. The highest BCUT2D eigenvalue weighted by Crippen LogP contribution is 2.35. The van der Waals surface area contributed by atoms with Gasteiger partial charge in [-0.25, -0.2) is 4.39 Å². The zero-order chi connectivity index (χ0) is 21.8. The molecular weight excluding hydrogens is 419 g/mol. The van der Waals surface area contributed by atoms with Crippen LogP contribution in [0.3, 0.4) is 0 Å². The Labute approximate surface area is 182 Å². The molecule has 1 saturated heterocycles. The smallest absolute Gasteiger partial charge is 0.286 e. The van der Waals surface area contributed by atoms with Crippen LogP contribution in [0.2, 0.25) is 0 Å². The van der Waals surface area contributed by atoms with Crippen molar-refractivity contribution in [1.82, 2.24) is 15.1 Å². The maximum Gasteiger partial charge on any atom is 0.286 e. The van der Waals surface area contributed by atoms with Crippen molar-refractivity contribution < 1.29 is 18.7 Å². The highest BCUT2D eigenvalue weighted by molar-refractivity contribution is 7.13. The summed E-state index contributed by atoms with van der Waals surface area (Å²) in [4.78, 5) is 27.3. The van der Waals surface area contributed by atoms with Crippen molar-refractivity contribution in [3.8, 4) is 5.75 Å². The van der Waals surface area contributed by atoms with Crippen LogP contribution in [0.5, 0.6) is 5.75 Å². The Morgan fingerprint density at radius 1 is 1.23 bits per heavy atom. The standard InChI is InChI=1S/C22H21FN4O3S/c1-2-30-17-10-8-14(9-11-17)22(29)27-12-4-7-18(27)20-25-26-21(31-20)19(28)24-16-6-3-5-15(23)13-16/h3,5-6,8-11,13,18H,2,4,7,12H2,1H3,(H,24,28)/t18-/m0/s1. The van der Waals surface area contributed by atoms with Gasteiger partial charge in [0, 0.05) is 17.8 Å². The summed E-state index contributed by atoms with van der Waals surface area (Å²) in [6, 6.07) is 12.5. The Balaban J connectivity index is 1.47. The summed E-state index contributed by atoms with van der Waals surface area (Å²) in [7, 11) is 0. The molecule has 2 amide bonds. The summed E-state index contributed by atoms with van der Waals surface area (Å²) >= 11 is 1.15. The van der Waals surface area contributed by atoms with Crippen LogP contribution < -0.4 is 10.1 Å². The number of carbonyl (C=O) groups is 2. The van der Waals surface area contributed by atoms with Crippen molar-refractivity contribution >= 4 is 28.8 Å². The minimum Gasteiger partial charge on any atom is -0.494 e. The number of aromatic nitrogens is 2. The number of hydrogen-bond acceptors (Lipinski definition) is 6. The van der Waals surface area contributed by atoms with Crippen LogP contribution in [0.25, 0.3) is 0 Å². The molecule has 1 aromatic heterocycles. The van der Waals surface area contributed by atoms with Crippen LogP contribution in [0, 0.1) is 5.82 Å². The third-order valence-corrected chi connectivity index (χ3v) is 5.95. The van der Waals surface area contributed by atoms with Gasteiger partial charge >= 0.3 is 0 Å². The van der Waals surface area contributed by atoms with Crippen molar-refractivity contribution in [2.24, 2.45) is 0 Å². The molecule has 0 unspecified atom stereocenters. The van der Waals surface area contributed by atoms with Crippen molar-refractivity contribution in [3.63, 3.8) is 0 Å². The van der Waals surface area contributed by atoms with Gasteiger partial charge in [-0.15, -0.1) is 10.2 Å². The Morgan fingerprint density at radius 3 is 2.77 bits per heavy atom. The monoisotopic (exact) mass is 440 g/mol. The second-order valence-corrected chi connectivity index (χ2v) is 8.03. The van der Waals surface area contributed by atoms with E-state index in [1.165, 1.54) is 18.2 Å². The van der Waals surface area contributed by atoms with Crippen LogP contribution in [0.1, 0.15) is 51.0 Å². The van der Waals surface area contributed by atoms with Crippen molar-refractivity contribution in [2.75, 3.05) is 18.5 Å². The first kappa shape index (κ1) is 20.9. The maximum absolute atomic E-state index is 13.3. The van der Waals surface area contributed by atoms with Gasteiger partial charge in [0.15, 0.2) is 0 Å². The molecule has 0 bridgehead atoms. The zero-order valence-electron chi connectivity index (χ0n) is 16.9. The molecule has 0 aliphatic carbocycles. The zero-order valence-corrected chi connectivity index (χ0v) is 17.7. The fourth-order valence-electron chi connectivity index (χ4n) is 3.50. The van der Waals surface area contributed by atoms with E-state index in [4.69, 9.17) is 4.74 Å². The van der Waals surface area contributed by atoms with E-state index < -0.39 is 11.7 Å². The number of ether oxygens (including phenoxy) is 1. The van der Waals surface area contributed by atoms with E-state index in [-0.39, 0.29) is 17.0 Å². The van der Waals surface area contributed by atoms with E-state index >= 15 is 0 Å². The number of likely N-dealkylation sites (tertiary alicyclic amines) is 1. The molecule has 1 fully saturated rings. The van der Waals surface area contributed by atoms with Crippen LogP contribution in [-0.4, -0.2) is 40.1 Å². The van der Waals surface area contributed by atoms with E-state index in [9.17, 15) is 14.0 Å². The lowest BCUT2D eigenvalue weighted by molar-refractivity contribution is 0.0735. The number of nitrogens with one attached hydrogen (secondary N) is 1. The number of benzene rings is 2. The lowest BCUT2D eigenvalue weighted by Crippen LogP contribution is -2.30. The molecule has 0 saturated carbocycles. The molecule has 1 N–H and O–H groups in total. The molecule has 1 aliphatic heterocycles. The van der Waals surface area contributed by atoms with E-state index in [0.717, 1.165) is 29.9 Å². The van der Waals surface area contributed by atoms with Gasteiger partial charge < -0.3 is 15.0 Å². The summed E-state index contributed by atoms with van der Waals surface area (Å²) in [5.74, 6) is -0.275. The lowest BCUT2D eigenvalue weighted by atomic mass is 10.1. The average molecular weight is 441 g/mol. The second-order valence-electron chi connectivity index (χ2n) is 7.02. The normalized spacial score (nSPS) is 15.7. The van der Waals surface area contributed by atoms with Gasteiger partial charge in [0.05, 0.1) is 12.6 Å². The lowest BCUT2D eigenvalue weighted by Gasteiger charge is -2.22. The predicted molar refractivity (Wildman–Crippen MR) is 115 cm³/mol. The van der Waals surface area contributed by atoms with Gasteiger partial charge in [-0.3, -0.25) is 9.59 Å². The number of hydrogen-bond donors (Lipinski definition) is 1. The molecule has 2 aromatic carbocycles. The molecule has 31 heavy (non-hydrogen) atoms. The number of halogens is 1. The third kappa shape index (κ3) is 4.72. The summed E-state index contributed by atoms with van der Waals surface area (Å²) in [5.41, 5.74) is 0.916. The summed E-state index contributed by atoms with van der Waals surface area (Å²) in [6.07, 6.45) is 1.60. The van der Waals surface area contributed by atoms with Crippen molar-refractivity contribution in [1.29, 1.82) is 0 Å². The van der Waals surface area contributed by atoms with Crippen LogP contribution in [0.4, 0.5) is 10.1 Å². The minimum atomic E-state index is -0.461. The first-order valence-corrected chi connectivity index (χ1v) is 10.8. The fourth-order valence-corrected chi connectivity index (χ4v) is 4.39. The summed E-state index contributed by atoms with van der Waals surface area (Å²) in [6.45, 7) is 3.08. The highest BCUT2D eigenvalue weighted by atomic mass is 32.1. The molecule has 0 spiro atoms. The molecule has 4 rings (SSSR count). The van der Waals surface area contributed by atoms with Crippen LogP contribution in [-0.2, 0) is 0 Å². The SMILES string of the molecule is CCOc1ccc(C(=O)N2CCC[C@H]2c2nnc(C(=O)Nc3cccc(F)c3)s2)cc1. The van der Waals surface area contributed by atoms with Gasteiger partial charge in [0.25, 0.3) is 11.8 Å². The number of rotatable bonds is 6. The van der Waals surface area contributed by atoms with Gasteiger partial charge in [-0.1, -0.05) is 17.4 Å². The van der Waals surface area contributed by atoms with Crippen molar-refractivity contribution in [2.45, 2.75) is 25.8 Å². The van der Waals surface area contributed by atoms with E-state index in [1.807, 2.05) is 6.92 Å². The number of amides is 2. The predicted octanol–water partition coefficient (Wildman–Crippen LogP) is 4.31. The largest absolute Gasteiger partial charge is 0.494 e. The Bertz CT molecular complexity index is 1090.